The van der Waals surface area contributed by atoms with E-state index < -0.39 is 59.9 Å². The number of aromatic amines is 1. The third kappa shape index (κ3) is 11.0. The lowest BCUT2D eigenvalue weighted by Gasteiger charge is -2.36. The number of amides is 4. The summed E-state index contributed by atoms with van der Waals surface area (Å²) in [5, 5.41) is 22.5. The van der Waals surface area contributed by atoms with Crippen molar-refractivity contribution in [3.63, 3.8) is 0 Å². The van der Waals surface area contributed by atoms with E-state index in [4.69, 9.17) is 9.47 Å². The number of rotatable bonds is 13. The van der Waals surface area contributed by atoms with Crippen molar-refractivity contribution in [2.75, 3.05) is 6.54 Å². The molecule has 13 heteroatoms. The van der Waals surface area contributed by atoms with Crippen molar-refractivity contribution in [2.24, 2.45) is 5.92 Å². The molecule has 252 valence electrons. The van der Waals surface area contributed by atoms with Gasteiger partial charge in [0, 0.05) is 37.7 Å². The summed E-state index contributed by atoms with van der Waals surface area (Å²) in [5.74, 6) is -0.801. The van der Waals surface area contributed by atoms with Crippen LogP contribution in [0.15, 0.2) is 42.9 Å². The number of carbonyl (C=O) groups is 4. The lowest BCUT2D eigenvalue weighted by atomic mass is 9.82. The highest BCUT2D eigenvalue weighted by atomic mass is 16.6. The van der Waals surface area contributed by atoms with E-state index in [9.17, 15) is 24.3 Å². The second kappa shape index (κ2) is 16.4. The van der Waals surface area contributed by atoms with Crippen LogP contribution in [-0.4, -0.2) is 81.6 Å². The number of benzene rings is 1. The first kappa shape index (κ1) is 34.7. The highest BCUT2D eigenvalue weighted by Crippen LogP contribution is 2.29. The molecule has 0 spiro atoms. The van der Waals surface area contributed by atoms with E-state index in [1.165, 1.54) is 6.33 Å². The Labute approximate surface area is 270 Å². The summed E-state index contributed by atoms with van der Waals surface area (Å²) in [6, 6.07) is 6.37. The molecule has 1 aliphatic heterocycles. The van der Waals surface area contributed by atoms with Crippen molar-refractivity contribution in [1.82, 2.24) is 31.2 Å². The van der Waals surface area contributed by atoms with Crippen LogP contribution in [0.4, 0.5) is 9.59 Å². The minimum absolute atomic E-state index is 0.0800. The average Bonchev–Trinajstić information content (AvgIpc) is 3.53. The minimum atomic E-state index is -1.14. The molecule has 2 fully saturated rings. The fourth-order valence-electron chi connectivity index (χ4n) is 6.01. The third-order valence-corrected chi connectivity index (χ3v) is 8.29. The van der Waals surface area contributed by atoms with Crippen LogP contribution >= 0.6 is 0 Å². The van der Waals surface area contributed by atoms with E-state index in [-0.39, 0.29) is 12.8 Å². The number of hydrogen-bond donors (Lipinski definition) is 6. The molecule has 2 aliphatic rings. The molecule has 2 heterocycles. The Balaban J connectivity index is 1.54. The maximum atomic E-state index is 14.0. The largest absolute Gasteiger partial charge is 0.444 e. The number of H-pyrrole nitrogens is 1. The fraction of sp³-hybridized carbons (Fsp3) is 0.606. The number of alkyl carbamates (subject to hydrolysis) is 2. The SMILES string of the molecule is CC(C)(C)OC(=O)N[C@@H](Cc1ccccc1)C(=O)N[C@@H](Cc1cnc[nH]1)C(=O)N[C@@H](CC1CCCCC1)[C@@H](O)[C@@H]1CCNC(=O)O1. The lowest BCUT2D eigenvalue weighted by Crippen LogP contribution is -2.59. The molecular weight excluding hydrogens is 592 g/mol. The zero-order chi connectivity index (χ0) is 33.1. The number of carbonyl (C=O) groups excluding carboxylic acids is 4. The van der Waals surface area contributed by atoms with Crippen LogP contribution in [0.5, 0.6) is 0 Å². The van der Waals surface area contributed by atoms with Crippen LogP contribution < -0.4 is 21.3 Å². The van der Waals surface area contributed by atoms with E-state index in [0.29, 0.717) is 31.0 Å². The van der Waals surface area contributed by atoms with Gasteiger partial charge in [-0.15, -0.1) is 0 Å². The number of ether oxygens (including phenoxy) is 2. The summed E-state index contributed by atoms with van der Waals surface area (Å²) >= 11 is 0. The summed E-state index contributed by atoms with van der Waals surface area (Å²) in [7, 11) is 0. The Morgan fingerprint density at radius 2 is 1.70 bits per heavy atom. The van der Waals surface area contributed by atoms with Gasteiger partial charge in [0.2, 0.25) is 11.8 Å². The topological polar surface area (TPSA) is 184 Å². The second-order valence-electron chi connectivity index (χ2n) is 13.2. The van der Waals surface area contributed by atoms with Crippen LogP contribution in [0.25, 0.3) is 0 Å². The molecule has 46 heavy (non-hydrogen) atoms. The second-order valence-corrected chi connectivity index (χ2v) is 13.2. The normalized spacial score (nSPS) is 19.8. The summed E-state index contributed by atoms with van der Waals surface area (Å²) in [6.07, 6.45) is 6.19. The molecule has 1 aromatic heterocycles. The Morgan fingerprint density at radius 3 is 2.35 bits per heavy atom. The first-order valence-corrected chi connectivity index (χ1v) is 16.2. The quantitative estimate of drug-likeness (QED) is 0.193. The van der Waals surface area contributed by atoms with E-state index in [2.05, 4.69) is 31.2 Å². The zero-order valence-electron chi connectivity index (χ0n) is 26.9. The summed E-state index contributed by atoms with van der Waals surface area (Å²) in [4.78, 5) is 59.5. The van der Waals surface area contributed by atoms with Crippen LogP contribution in [0.2, 0.25) is 0 Å². The summed E-state index contributed by atoms with van der Waals surface area (Å²) in [5.41, 5.74) is 0.634. The molecule has 2 aromatic rings. The summed E-state index contributed by atoms with van der Waals surface area (Å²) in [6.45, 7) is 5.54. The van der Waals surface area contributed by atoms with Gasteiger partial charge in [-0.1, -0.05) is 62.4 Å². The van der Waals surface area contributed by atoms with E-state index in [1.54, 1.807) is 27.0 Å². The van der Waals surface area contributed by atoms with E-state index in [0.717, 1.165) is 37.7 Å². The van der Waals surface area contributed by atoms with Gasteiger partial charge in [-0.2, -0.15) is 0 Å². The molecule has 1 saturated carbocycles. The van der Waals surface area contributed by atoms with Gasteiger partial charge in [0.05, 0.1) is 12.4 Å². The molecule has 13 nitrogen and oxygen atoms in total. The van der Waals surface area contributed by atoms with Crippen molar-refractivity contribution in [2.45, 2.75) is 114 Å². The van der Waals surface area contributed by atoms with Crippen molar-refractivity contribution in [1.29, 1.82) is 0 Å². The smallest absolute Gasteiger partial charge is 0.408 e. The van der Waals surface area contributed by atoms with Gasteiger partial charge < -0.3 is 40.8 Å². The first-order chi connectivity index (χ1) is 22.0. The molecular formula is C33H48N6O7. The van der Waals surface area contributed by atoms with Crippen molar-refractivity contribution in [3.05, 3.63) is 54.1 Å². The molecule has 4 amide bonds. The van der Waals surface area contributed by atoms with Crippen molar-refractivity contribution >= 4 is 24.0 Å². The van der Waals surface area contributed by atoms with Gasteiger partial charge in [-0.05, 0) is 38.7 Å². The third-order valence-electron chi connectivity index (χ3n) is 8.29. The van der Waals surface area contributed by atoms with Crippen LogP contribution in [-0.2, 0) is 31.9 Å². The predicted octanol–water partition coefficient (Wildman–Crippen LogP) is 2.89. The molecule has 1 aliphatic carbocycles. The Morgan fingerprint density at radius 1 is 1.00 bits per heavy atom. The predicted molar refractivity (Wildman–Crippen MR) is 170 cm³/mol. The van der Waals surface area contributed by atoms with E-state index >= 15 is 0 Å². The highest BCUT2D eigenvalue weighted by molar-refractivity contribution is 5.91. The van der Waals surface area contributed by atoms with Gasteiger partial charge in [-0.3, -0.25) is 9.59 Å². The Kier molecular flexibility index (Phi) is 12.4. The van der Waals surface area contributed by atoms with Gasteiger partial charge in [0.15, 0.2) is 0 Å². The van der Waals surface area contributed by atoms with Crippen LogP contribution in [0.1, 0.15) is 77.0 Å². The number of cyclic esters (lactones) is 1. The number of nitrogens with zero attached hydrogens (tertiary/aromatic N) is 1. The summed E-state index contributed by atoms with van der Waals surface area (Å²) < 4.78 is 10.8. The van der Waals surface area contributed by atoms with E-state index in [1.807, 2.05) is 30.3 Å². The molecule has 0 radical (unpaired) electrons. The van der Waals surface area contributed by atoms with Gasteiger partial charge in [-0.25, -0.2) is 14.6 Å². The van der Waals surface area contributed by atoms with Crippen molar-refractivity contribution in [3.8, 4) is 0 Å². The molecule has 5 atom stereocenters. The Hall–Kier alpha value is -4.13. The molecule has 6 N–H and O–H groups in total. The standard InChI is InChI=1S/C33H48N6O7/c1-33(2,3)46-32(44)39-25(17-22-12-8-5-9-13-22)29(41)38-26(18-23-19-34-20-36-23)30(42)37-24(16-21-10-6-4-7-11-21)28(40)27-14-15-35-31(43)45-27/h5,8-9,12-13,19-21,24-28,40H,4,6-7,10-11,14-18H2,1-3H3,(H,34,36)(H,35,43)(H,37,42)(H,38,41)(H,39,44)/t24-,25-,26-,27-,28+/m0/s1. The number of aromatic nitrogens is 2. The highest BCUT2D eigenvalue weighted by Gasteiger charge is 2.37. The zero-order valence-corrected chi connectivity index (χ0v) is 26.9. The number of aliphatic hydroxyl groups excluding tert-OH is 1. The number of nitrogens with one attached hydrogen (secondary N) is 5. The maximum absolute atomic E-state index is 14.0. The van der Waals surface area contributed by atoms with Gasteiger partial charge in [0.1, 0.15) is 29.9 Å². The van der Waals surface area contributed by atoms with Crippen LogP contribution in [0, 0.1) is 5.92 Å². The minimum Gasteiger partial charge on any atom is -0.444 e. The molecule has 0 unspecified atom stereocenters. The molecule has 1 saturated heterocycles. The maximum Gasteiger partial charge on any atom is 0.408 e. The molecule has 4 rings (SSSR count). The molecule has 1 aromatic carbocycles. The van der Waals surface area contributed by atoms with Gasteiger partial charge >= 0.3 is 12.2 Å². The Bertz CT molecular complexity index is 1280. The number of imidazole rings is 1. The number of hydrogen-bond acceptors (Lipinski definition) is 8. The van der Waals surface area contributed by atoms with Gasteiger partial charge in [0.25, 0.3) is 0 Å². The average molecular weight is 641 g/mol. The van der Waals surface area contributed by atoms with Crippen molar-refractivity contribution < 1.29 is 33.8 Å². The monoisotopic (exact) mass is 640 g/mol. The van der Waals surface area contributed by atoms with Crippen LogP contribution in [0.3, 0.4) is 0 Å². The first-order valence-electron chi connectivity index (χ1n) is 16.2. The lowest BCUT2D eigenvalue weighted by molar-refractivity contribution is -0.131. The fourth-order valence-corrected chi connectivity index (χ4v) is 6.01. The molecule has 0 bridgehead atoms. The number of aliphatic hydroxyl groups is 1.